The quantitative estimate of drug-likeness (QED) is 0.431. The standard InChI is InChI=1S/C23H23NO6/c1-14(2)24-23(21(27)28,12-11-20(25)26)22(29)30-13-19-17-9-5-3-7-15(17)16-8-4-6-10-18(16)19/h3-10,19,24H,1,11-13H2,2H3,(H,25,26)(H,27,28)/t23-/m0/s1. The third-order valence-corrected chi connectivity index (χ3v) is 5.20. The largest absolute Gasteiger partial charge is 0.481 e. The van der Waals surface area contributed by atoms with E-state index in [0.717, 1.165) is 22.3 Å². The van der Waals surface area contributed by atoms with Crippen LogP contribution < -0.4 is 5.32 Å². The third kappa shape index (κ3) is 3.91. The minimum Gasteiger partial charge on any atom is -0.481 e. The Balaban J connectivity index is 1.87. The Labute approximate surface area is 174 Å². The number of carbonyl (C=O) groups is 3. The fourth-order valence-corrected chi connectivity index (χ4v) is 3.84. The molecule has 0 aliphatic heterocycles. The summed E-state index contributed by atoms with van der Waals surface area (Å²) in [7, 11) is 0. The smallest absolute Gasteiger partial charge is 0.343 e. The summed E-state index contributed by atoms with van der Waals surface area (Å²) in [6.07, 6.45) is -0.988. The molecule has 1 atom stereocenters. The fourth-order valence-electron chi connectivity index (χ4n) is 3.84. The highest BCUT2D eigenvalue weighted by molar-refractivity contribution is 6.04. The van der Waals surface area contributed by atoms with Gasteiger partial charge >= 0.3 is 17.9 Å². The number of allylic oxidation sites excluding steroid dienone is 1. The van der Waals surface area contributed by atoms with E-state index >= 15 is 0 Å². The summed E-state index contributed by atoms with van der Waals surface area (Å²) in [5.74, 6) is -4.00. The van der Waals surface area contributed by atoms with Crippen molar-refractivity contribution >= 4 is 17.9 Å². The number of rotatable bonds is 9. The lowest BCUT2D eigenvalue weighted by atomic mass is 9.92. The number of carboxylic acid groups (broad SMARTS) is 2. The molecule has 3 rings (SSSR count). The highest BCUT2D eigenvalue weighted by atomic mass is 16.5. The van der Waals surface area contributed by atoms with Crippen LogP contribution in [-0.4, -0.2) is 40.3 Å². The molecule has 0 radical (unpaired) electrons. The minimum atomic E-state index is -2.22. The first-order chi connectivity index (χ1) is 14.3. The predicted octanol–water partition coefficient (Wildman–Crippen LogP) is 3.15. The molecule has 7 nitrogen and oxygen atoms in total. The predicted molar refractivity (Wildman–Crippen MR) is 110 cm³/mol. The molecule has 2 aromatic rings. The Kier molecular flexibility index (Phi) is 5.91. The lowest BCUT2D eigenvalue weighted by molar-refractivity contribution is -0.163. The van der Waals surface area contributed by atoms with E-state index in [1.165, 1.54) is 6.92 Å². The molecule has 7 heteroatoms. The number of hydrogen-bond donors (Lipinski definition) is 3. The maximum Gasteiger partial charge on any atom is 0.343 e. The second-order valence-electron chi connectivity index (χ2n) is 7.34. The van der Waals surface area contributed by atoms with Crippen molar-refractivity contribution in [3.63, 3.8) is 0 Å². The second kappa shape index (κ2) is 8.41. The summed E-state index contributed by atoms with van der Waals surface area (Å²) in [6.45, 7) is 5.03. The van der Waals surface area contributed by atoms with Crippen LogP contribution in [0.2, 0.25) is 0 Å². The number of benzene rings is 2. The van der Waals surface area contributed by atoms with Gasteiger partial charge in [0.1, 0.15) is 6.61 Å². The van der Waals surface area contributed by atoms with E-state index in [2.05, 4.69) is 11.9 Å². The average molecular weight is 409 g/mol. The van der Waals surface area contributed by atoms with Gasteiger partial charge in [-0.2, -0.15) is 0 Å². The molecular formula is C23H23NO6. The summed E-state index contributed by atoms with van der Waals surface area (Å²) < 4.78 is 5.48. The van der Waals surface area contributed by atoms with E-state index in [1.54, 1.807) is 0 Å². The van der Waals surface area contributed by atoms with Gasteiger partial charge in [0, 0.05) is 24.5 Å². The number of ether oxygens (including phenoxy) is 1. The van der Waals surface area contributed by atoms with Crippen molar-refractivity contribution in [3.8, 4) is 11.1 Å². The van der Waals surface area contributed by atoms with Gasteiger partial charge in [-0.05, 0) is 29.2 Å². The average Bonchev–Trinajstić information content (AvgIpc) is 3.02. The second-order valence-corrected chi connectivity index (χ2v) is 7.34. The number of nitrogens with one attached hydrogen (secondary N) is 1. The number of carbonyl (C=O) groups excluding carboxylic acids is 1. The van der Waals surface area contributed by atoms with Crippen LogP contribution in [0.5, 0.6) is 0 Å². The monoisotopic (exact) mass is 409 g/mol. The van der Waals surface area contributed by atoms with Crippen LogP contribution in [0.3, 0.4) is 0 Å². The molecule has 2 aromatic carbocycles. The molecule has 0 heterocycles. The Morgan fingerprint density at radius 3 is 2.03 bits per heavy atom. The van der Waals surface area contributed by atoms with E-state index in [-0.39, 0.29) is 18.2 Å². The third-order valence-electron chi connectivity index (χ3n) is 5.20. The molecule has 1 aliphatic rings. The summed E-state index contributed by atoms with van der Waals surface area (Å²) in [5, 5.41) is 21.3. The molecule has 3 N–H and O–H groups in total. The van der Waals surface area contributed by atoms with Crippen molar-refractivity contribution in [2.75, 3.05) is 6.61 Å². The first-order valence-electron chi connectivity index (χ1n) is 9.50. The van der Waals surface area contributed by atoms with E-state index < -0.39 is 36.3 Å². The van der Waals surface area contributed by atoms with E-state index in [0.29, 0.717) is 0 Å². The molecule has 0 amide bonds. The normalized spacial score (nSPS) is 14.2. The number of aliphatic carboxylic acids is 2. The first kappa shape index (κ1) is 21.1. The molecular weight excluding hydrogens is 386 g/mol. The maximum absolute atomic E-state index is 12.9. The van der Waals surface area contributed by atoms with E-state index in [1.807, 2.05) is 48.5 Å². The fraction of sp³-hybridized carbons (Fsp3) is 0.261. The number of hydrogen-bond acceptors (Lipinski definition) is 5. The molecule has 0 spiro atoms. The number of carboxylic acids is 2. The van der Waals surface area contributed by atoms with Crippen LogP contribution in [0.25, 0.3) is 11.1 Å². The molecule has 0 unspecified atom stereocenters. The Hall–Kier alpha value is -3.61. The minimum absolute atomic E-state index is 0.0627. The van der Waals surface area contributed by atoms with Crippen LogP contribution in [0.15, 0.2) is 60.8 Å². The molecule has 30 heavy (non-hydrogen) atoms. The number of esters is 1. The molecule has 0 bridgehead atoms. The van der Waals surface area contributed by atoms with Gasteiger partial charge in [0.05, 0.1) is 0 Å². The molecule has 0 aromatic heterocycles. The van der Waals surface area contributed by atoms with E-state index in [4.69, 9.17) is 9.84 Å². The van der Waals surface area contributed by atoms with Gasteiger partial charge in [0.2, 0.25) is 5.54 Å². The summed E-state index contributed by atoms with van der Waals surface area (Å²) in [4.78, 5) is 36.0. The van der Waals surface area contributed by atoms with Gasteiger partial charge in [0.25, 0.3) is 0 Å². The van der Waals surface area contributed by atoms with Crippen molar-refractivity contribution in [3.05, 3.63) is 71.9 Å². The zero-order valence-corrected chi connectivity index (χ0v) is 16.6. The maximum atomic E-state index is 12.9. The van der Waals surface area contributed by atoms with Crippen molar-refractivity contribution in [2.24, 2.45) is 0 Å². The van der Waals surface area contributed by atoms with Crippen LogP contribution in [0.1, 0.15) is 36.8 Å². The zero-order chi connectivity index (χ0) is 21.9. The Bertz CT molecular complexity index is 969. The lowest BCUT2D eigenvalue weighted by Gasteiger charge is -2.29. The van der Waals surface area contributed by atoms with Crippen molar-refractivity contribution in [2.45, 2.75) is 31.2 Å². The van der Waals surface area contributed by atoms with Crippen molar-refractivity contribution < 1.29 is 29.3 Å². The summed E-state index contributed by atoms with van der Waals surface area (Å²) in [5.41, 5.74) is 2.07. The zero-order valence-electron chi connectivity index (χ0n) is 16.6. The van der Waals surface area contributed by atoms with Gasteiger partial charge < -0.3 is 20.3 Å². The molecule has 0 fully saturated rings. The molecule has 0 saturated carbocycles. The SMILES string of the molecule is C=C(C)N[C@@](CCC(=O)O)(C(=O)O)C(=O)OCC1c2ccccc2-c2ccccc21. The van der Waals surface area contributed by atoms with Crippen LogP contribution in [0.4, 0.5) is 0 Å². The van der Waals surface area contributed by atoms with Crippen LogP contribution >= 0.6 is 0 Å². The van der Waals surface area contributed by atoms with Crippen molar-refractivity contribution in [1.29, 1.82) is 0 Å². The Morgan fingerprint density at radius 1 is 1.03 bits per heavy atom. The van der Waals surface area contributed by atoms with Gasteiger partial charge in [0.15, 0.2) is 0 Å². The van der Waals surface area contributed by atoms with Crippen LogP contribution in [0, 0.1) is 0 Å². The van der Waals surface area contributed by atoms with Gasteiger partial charge in [-0.25, -0.2) is 9.59 Å². The van der Waals surface area contributed by atoms with Gasteiger partial charge in [-0.3, -0.25) is 4.79 Å². The van der Waals surface area contributed by atoms with E-state index in [9.17, 15) is 19.5 Å². The molecule has 1 aliphatic carbocycles. The first-order valence-corrected chi connectivity index (χ1v) is 9.50. The summed E-state index contributed by atoms with van der Waals surface area (Å²) >= 11 is 0. The number of fused-ring (bicyclic) bond motifs is 3. The lowest BCUT2D eigenvalue weighted by Crippen LogP contribution is -2.58. The highest BCUT2D eigenvalue weighted by Gasteiger charge is 2.48. The summed E-state index contributed by atoms with van der Waals surface area (Å²) in [6, 6.07) is 15.6. The topological polar surface area (TPSA) is 113 Å². The molecule has 156 valence electrons. The van der Waals surface area contributed by atoms with Crippen LogP contribution in [-0.2, 0) is 19.1 Å². The van der Waals surface area contributed by atoms with Crippen molar-refractivity contribution in [1.82, 2.24) is 5.32 Å². The Morgan fingerprint density at radius 2 is 1.57 bits per heavy atom. The molecule has 0 saturated heterocycles. The van der Waals surface area contributed by atoms with Gasteiger partial charge in [-0.15, -0.1) is 0 Å². The van der Waals surface area contributed by atoms with Gasteiger partial charge in [-0.1, -0.05) is 55.1 Å². The highest BCUT2D eigenvalue weighted by Crippen LogP contribution is 2.44.